The monoisotopic (exact) mass is 313 g/mol. The van der Waals surface area contributed by atoms with Crippen molar-refractivity contribution in [2.24, 2.45) is 5.73 Å². The van der Waals surface area contributed by atoms with Crippen molar-refractivity contribution in [3.8, 4) is 0 Å². The van der Waals surface area contributed by atoms with E-state index in [2.05, 4.69) is 0 Å². The van der Waals surface area contributed by atoms with Gasteiger partial charge in [-0.15, -0.1) is 0 Å². The van der Waals surface area contributed by atoms with Gasteiger partial charge in [0.15, 0.2) is 0 Å². The molecular formula is C21H19N3. The smallest absolute Gasteiger partial charge is 0.0616 e. The van der Waals surface area contributed by atoms with Crippen molar-refractivity contribution in [2.45, 2.75) is 6.54 Å². The van der Waals surface area contributed by atoms with Gasteiger partial charge in [0, 0.05) is 12.1 Å². The largest absolute Gasteiger partial charge is 0.326 e. The van der Waals surface area contributed by atoms with Crippen LogP contribution in [-0.4, -0.2) is 11.4 Å². The van der Waals surface area contributed by atoms with E-state index >= 15 is 0 Å². The molecule has 0 bridgehead atoms. The van der Waals surface area contributed by atoms with Gasteiger partial charge in [-0.3, -0.25) is 0 Å². The van der Waals surface area contributed by atoms with Gasteiger partial charge >= 0.3 is 0 Å². The van der Waals surface area contributed by atoms with Crippen LogP contribution in [0.3, 0.4) is 0 Å². The van der Waals surface area contributed by atoms with Crippen LogP contribution in [0.1, 0.15) is 16.7 Å². The van der Waals surface area contributed by atoms with Crippen molar-refractivity contribution in [1.82, 2.24) is 0 Å². The number of hydrogen-bond donors (Lipinski definition) is 3. The molecule has 0 amide bonds. The summed E-state index contributed by atoms with van der Waals surface area (Å²) in [5.74, 6) is 0. The molecule has 0 aromatic heterocycles. The van der Waals surface area contributed by atoms with Crippen LogP contribution in [0.2, 0.25) is 0 Å². The van der Waals surface area contributed by atoms with Crippen LogP contribution in [0.15, 0.2) is 78.9 Å². The van der Waals surface area contributed by atoms with Gasteiger partial charge in [0.2, 0.25) is 0 Å². The highest BCUT2D eigenvalue weighted by Gasteiger charge is 2.07. The van der Waals surface area contributed by atoms with Crippen molar-refractivity contribution in [3.05, 3.63) is 95.6 Å². The molecular weight excluding hydrogens is 294 g/mol. The highest BCUT2D eigenvalue weighted by atomic mass is 14.5. The first-order chi connectivity index (χ1) is 11.7. The maximum atomic E-state index is 8.37. The molecule has 24 heavy (non-hydrogen) atoms. The molecule has 4 N–H and O–H groups in total. The van der Waals surface area contributed by atoms with Crippen molar-refractivity contribution in [1.29, 1.82) is 10.8 Å². The van der Waals surface area contributed by atoms with Gasteiger partial charge in [-0.25, -0.2) is 0 Å². The van der Waals surface area contributed by atoms with Crippen molar-refractivity contribution in [2.75, 3.05) is 0 Å². The van der Waals surface area contributed by atoms with Crippen LogP contribution in [0.5, 0.6) is 0 Å². The van der Waals surface area contributed by atoms with Gasteiger partial charge in [-0.2, -0.15) is 0 Å². The summed E-state index contributed by atoms with van der Waals surface area (Å²) in [6.45, 7) is 0.381. The van der Waals surface area contributed by atoms with Gasteiger partial charge in [-0.05, 0) is 46.2 Å². The Balaban J connectivity index is 1.90. The van der Waals surface area contributed by atoms with Crippen LogP contribution in [0.25, 0.3) is 10.8 Å². The van der Waals surface area contributed by atoms with Gasteiger partial charge in [0.25, 0.3) is 0 Å². The Hall–Kier alpha value is -3.04. The number of nitrogens with two attached hydrogens (primary N) is 1. The fourth-order valence-corrected chi connectivity index (χ4v) is 2.68. The molecule has 0 spiro atoms. The second-order valence-corrected chi connectivity index (χ2v) is 5.59. The average Bonchev–Trinajstić information content (AvgIpc) is 2.65. The maximum absolute atomic E-state index is 8.37. The van der Waals surface area contributed by atoms with E-state index in [9.17, 15) is 0 Å². The van der Waals surface area contributed by atoms with Crippen LogP contribution < -0.4 is 5.73 Å². The molecule has 3 heteroatoms. The first-order valence-electron chi connectivity index (χ1n) is 7.82. The summed E-state index contributed by atoms with van der Waals surface area (Å²) >= 11 is 0. The van der Waals surface area contributed by atoms with Gasteiger partial charge in [0.1, 0.15) is 0 Å². The molecule has 0 aliphatic rings. The predicted octanol–water partition coefficient (Wildman–Crippen LogP) is 4.29. The number of fused-ring (bicyclic) bond motifs is 1. The molecule has 0 heterocycles. The molecule has 3 rings (SSSR count). The Morgan fingerprint density at radius 2 is 1.38 bits per heavy atom. The second-order valence-electron chi connectivity index (χ2n) is 5.59. The molecule has 0 fully saturated rings. The molecule has 118 valence electrons. The number of rotatable bonds is 5. The van der Waals surface area contributed by atoms with Crippen molar-refractivity contribution in [3.63, 3.8) is 0 Å². The zero-order valence-electron chi connectivity index (χ0n) is 13.3. The fourth-order valence-electron chi connectivity index (χ4n) is 2.68. The number of allylic oxidation sites excluding steroid dienone is 2. The van der Waals surface area contributed by atoms with Crippen LogP contribution in [-0.2, 0) is 6.54 Å². The van der Waals surface area contributed by atoms with E-state index < -0.39 is 0 Å². The summed E-state index contributed by atoms with van der Waals surface area (Å²) in [7, 11) is 0. The van der Waals surface area contributed by atoms with E-state index in [1.165, 1.54) is 0 Å². The number of nitrogens with one attached hydrogen (secondary N) is 2. The Morgan fingerprint density at radius 1 is 0.792 bits per heavy atom. The minimum Gasteiger partial charge on any atom is -0.326 e. The lowest BCUT2D eigenvalue weighted by Crippen LogP contribution is -2.06. The average molecular weight is 313 g/mol. The maximum Gasteiger partial charge on any atom is 0.0616 e. The van der Waals surface area contributed by atoms with E-state index in [4.69, 9.17) is 16.6 Å². The van der Waals surface area contributed by atoms with E-state index in [1.807, 2.05) is 66.7 Å². The molecule has 0 atom stereocenters. The van der Waals surface area contributed by atoms with E-state index in [0.29, 0.717) is 18.0 Å². The van der Waals surface area contributed by atoms with Crippen LogP contribution >= 0.6 is 0 Å². The molecule has 0 saturated carbocycles. The topological polar surface area (TPSA) is 73.7 Å². The Bertz CT molecular complexity index is 924. The molecule has 3 aromatic rings. The lowest BCUT2D eigenvalue weighted by atomic mass is 9.97. The third-order valence-corrected chi connectivity index (χ3v) is 3.98. The number of hydrogen-bond acceptors (Lipinski definition) is 3. The standard InChI is InChI=1S/C21H19N3/c22-14-18-12-16-8-4-5-9-17(16)13-19(18)21(24)11-10-20(23)15-6-2-1-3-7-15/h1-13,23-24H,14,22H2/b11-10-,23-20?,24-21?. The zero-order chi connectivity index (χ0) is 16.9. The SMILES string of the molecule is N=C(/C=C\C(=N)c1cc2ccccc2cc1CN)c1ccccc1. The van der Waals surface area contributed by atoms with Crippen molar-refractivity contribution < 1.29 is 0 Å². The minimum absolute atomic E-state index is 0.363. The summed E-state index contributed by atoms with van der Waals surface area (Å²) in [5, 5.41) is 18.7. The third-order valence-electron chi connectivity index (χ3n) is 3.98. The lowest BCUT2D eigenvalue weighted by Gasteiger charge is -2.09. The Kier molecular flexibility index (Phi) is 4.64. The first-order valence-corrected chi connectivity index (χ1v) is 7.82. The predicted molar refractivity (Wildman–Crippen MR) is 101 cm³/mol. The normalized spacial score (nSPS) is 11.0. The number of benzene rings is 3. The summed E-state index contributed by atoms with van der Waals surface area (Å²) in [4.78, 5) is 0. The summed E-state index contributed by atoms with van der Waals surface area (Å²) < 4.78 is 0. The Labute approximate surface area is 141 Å². The highest BCUT2D eigenvalue weighted by Crippen LogP contribution is 2.21. The summed E-state index contributed by atoms with van der Waals surface area (Å²) in [6, 6.07) is 21.6. The summed E-state index contributed by atoms with van der Waals surface area (Å²) in [6.07, 6.45) is 3.33. The minimum atomic E-state index is 0.363. The third kappa shape index (κ3) is 3.31. The first kappa shape index (κ1) is 15.8. The molecule has 0 aliphatic carbocycles. The lowest BCUT2D eigenvalue weighted by molar-refractivity contribution is 1.07. The molecule has 3 aromatic carbocycles. The van der Waals surface area contributed by atoms with Crippen LogP contribution in [0.4, 0.5) is 0 Å². The van der Waals surface area contributed by atoms with Gasteiger partial charge in [0.05, 0.1) is 11.4 Å². The molecule has 0 aliphatic heterocycles. The zero-order valence-corrected chi connectivity index (χ0v) is 13.3. The summed E-state index contributed by atoms with van der Waals surface area (Å²) in [5.41, 5.74) is 9.20. The van der Waals surface area contributed by atoms with E-state index in [1.54, 1.807) is 12.2 Å². The quantitative estimate of drug-likeness (QED) is 0.604. The molecule has 3 nitrogen and oxygen atoms in total. The highest BCUT2D eigenvalue weighted by molar-refractivity contribution is 6.15. The Morgan fingerprint density at radius 3 is 2.04 bits per heavy atom. The molecule has 0 unspecified atom stereocenters. The van der Waals surface area contributed by atoms with Crippen molar-refractivity contribution >= 4 is 22.2 Å². The van der Waals surface area contributed by atoms with Gasteiger partial charge < -0.3 is 16.6 Å². The fraction of sp³-hybridized carbons (Fsp3) is 0.0476. The van der Waals surface area contributed by atoms with Crippen LogP contribution in [0, 0.1) is 10.8 Å². The molecule has 0 saturated heterocycles. The molecule has 0 radical (unpaired) electrons. The van der Waals surface area contributed by atoms with Gasteiger partial charge in [-0.1, -0.05) is 54.6 Å². The second kappa shape index (κ2) is 7.02. The van der Waals surface area contributed by atoms with E-state index in [0.717, 1.165) is 27.5 Å². The van der Waals surface area contributed by atoms with E-state index in [-0.39, 0.29) is 0 Å².